The third-order valence-corrected chi connectivity index (χ3v) is 4.42. The Morgan fingerprint density at radius 1 is 0.960 bits per heavy atom. The van der Waals surface area contributed by atoms with Crippen LogP contribution in [0.3, 0.4) is 0 Å². The van der Waals surface area contributed by atoms with Gasteiger partial charge in [-0.1, -0.05) is 59.6 Å². The maximum absolute atomic E-state index is 8.96. The summed E-state index contributed by atoms with van der Waals surface area (Å²) in [5.41, 5.74) is 3.38. The summed E-state index contributed by atoms with van der Waals surface area (Å²) < 4.78 is 0. The molecule has 0 spiro atoms. The lowest BCUT2D eigenvalue weighted by molar-refractivity contribution is 0.291. The molecule has 3 aromatic rings. The maximum atomic E-state index is 8.96. The van der Waals surface area contributed by atoms with Gasteiger partial charge in [0.25, 0.3) is 0 Å². The van der Waals surface area contributed by atoms with Crippen LogP contribution >= 0.6 is 23.2 Å². The number of hydrogen-bond donors (Lipinski definition) is 2. The van der Waals surface area contributed by atoms with Crippen molar-refractivity contribution in [3.05, 3.63) is 69.8 Å². The van der Waals surface area contributed by atoms with Gasteiger partial charge in [-0.15, -0.1) is 0 Å². The Kier molecular flexibility index (Phi) is 6.04. The number of rotatable bonds is 7. The first-order valence-corrected chi connectivity index (χ1v) is 8.68. The summed E-state index contributed by atoms with van der Waals surface area (Å²) >= 11 is 12.5. The van der Waals surface area contributed by atoms with Gasteiger partial charge in [0.15, 0.2) is 0 Å². The van der Waals surface area contributed by atoms with E-state index >= 15 is 0 Å². The summed E-state index contributed by atoms with van der Waals surface area (Å²) in [4.78, 5) is 1.60. The second kappa shape index (κ2) is 8.45. The molecule has 0 unspecified atom stereocenters. The van der Waals surface area contributed by atoms with Crippen molar-refractivity contribution < 1.29 is 5.11 Å². The van der Waals surface area contributed by atoms with E-state index in [0.29, 0.717) is 29.7 Å². The van der Waals surface area contributed by atoms with Gasteiger partial charge in [-0.3, -0.25) is 0 Å². The highest BCUT2D eigenvalue weighted by Gasteiger charge is 2.15. The van der Waals surface area contributed by atoms with Crippen LogP contribution in [0.15, 0.2) is 48.5 Å². The molecule has 0 amide bonds. The Morgan fingerprint density at radius 3 is 2.36 bits per heavy atom. The normalized spacial score (nSPS) is 11.0. The summed E-state index contributed by atoms with van der Waals surface area (Å²) in [5.74, 6) is 0. The van der Waals surface area contributed by atoms with Crippen LogP contribution < -0.4 is 5.32 Å². The predicted molar refractivity (Wildman–Crippen MR) is 99.8 cm³/mol. The van der Waals surface area contributed by atoms with Crippen LogP contribution in [-0.4, -0.2) is 33.3 Å². The van der Waals surface area contributed by atoms with E-state index in [-0.39, 0.29) is 6.61 Å². The molecule has 5 nitrogen and oxygen atoms in total. The van der Waals surface area contributed by atoms with Gasteiger partial charge >= 0.3 is 0 Å². The third-order valence-electron chi connectivity index (χ3n) is 3.71. The van der Waals surface area contributed by atoms with Crippen LogP contribution in [0.25, 0.3) is 11.3 Å². The van der Waals surface area contributed by atoms with E-state index in [1.54, 1.807) is 16.9 Å². The molecule has 0 aliphatic heterocycles. The van der Waals surface area contributed by atoms with Gasteiger partial charge < -0.3 is 10.4 Å². The minimum atomic E-state index is 0.0735. The molecule has 25 heavy (non-hydrogen) atoms. The Hall–Kier alpha value is -1.92. The van der Waals surface area contributed by atoms with Gasteiger partial charge in [0.2, 0.25) is 0 Å². The van der Waals surface area contributed by atoms with E-state index < -0.39 is 0 Å². The molecule has 0 fully saturated rings. The lowest BCUT2D eigenvalue weighted by atomic mass is 10.1. The lowest BCUT2D eigenvalue weighted by Crippen LogP contribution is -2.18. The zero-order chi connectivity index (χ0) is 17.6. The average molecular weight is 377 g/mol. The molecule has 1 heterocycles. The molecule has 2 aromatic carbocycles. The van der Waals surface area contributed by atoms with Crippen molar-refractivity contribution in [3.8, 4) is 11.3 Å². The third kappa shape index (κ3) is 4.38. The summed E-state index contributed by atoms with van der Waals surface area (Å²) in [6, 6.07) is 15.3. The molecule has 0 aliphatic carbocycles. The minimum absolute atomic E-state index is 0.0735. The SMILES string of the molecule is OCCNCc1nn(Cc2c(Cl)cccc2Cl)nc1-c1ccccc1. The first-order valence-electron chi connectivity index (χ1n) is 7.93. The van der Waals surface area contributed by atoms with E-state index in [0.717, 1.165) is 22.5 Å². The minimum Gasteiger partial charge on any atom is -0.395 e. The van der Waals surface area contributed by atoms with Crippen molar-refractivity contribution in [3.63, 3.8) is 0 Å². The Morgan fingerprint density at radius 2 is 1.68 bits per heavy atom. The zero-order valence-electron chi connectivity index (χ0n) is 13.5. The Balaban J connectivity index is 1.92. The van der Waals surface area contributed by atoms with E-state index in [1.807, 2.05) is 36.4 Å². The number of aliphatic hydroxyl groups is 1. The number of hydrogen-bond acceptors (Lipinski definition) is 4. The van der Waals surface area contributed by atoms with Crippen molar-refractivity contribution in [1.29, 1.82) is 0 Å². The number of nitrogens with one attached hydrogen (secondary N) is 1. The molecule has 130 valence electrons. The standard InChI is InChI=1S/C18H18Cl2N4O/c19-15-7-4-8-16(20)14(15)12-24-22-17(11-21-9-10-25)18(23-24)13-5-2-1-3-6-13/h1-8,21,25H,9-12H2. The van der Waals surface area contributed by atoms with Crippen LogP contribution in [0.4, 0.5) is 0 Å². The van der Waals surface area contributed by atoms with Crippen molar-refractivity contribution >= 4 is 23.2 Å². The molecule has 2 N–H and O–H groups in total. The number of benzene rings is 2. The van der Waals surface area contributed by atoms with Crippen LogP contribution in [0.5, 0.6) is 0 Å². The smallest absolute Gasteiger partial charge is 0.117 e. The van der Waals surface area contributed by atoms with E-state index in [1.165, 1.54) is 0 Å². The molecule has 3 rings (SSSR count). The van der Waals surface area contributed by atoms with Crippen LogP contribution in [-0.2, 0) is 13.1 Å². The molecule has 7 heteroatoms. The van der Waals surface area contributed by atoms with Gasteiger partial charge in [0, 0.05) is 34.3 Å². The number of aromatic nitrogens is 3. The van der Waals surface area contributed by atoms with Crippen molar-refractivity contribution in [2.24, 2.45) is 0 Å². The van der Waals surface area contributed by atoms with Gasteiger partial charge in [-0.25, -0.2) is 0 Å². The predicted octanol–water partition coefficient (Wildman–Crippen LogP) is 3.38. The highest BCUT2D eigenvalue weighted by atomic mass is 35.5. The second-order valence-electron chi connectivity index (χ2n) is 5.49. The molecule has 0 saturated carbocycles. The van der Waals surface area contributed by atoms with Crippen molar-refractivity contribution in [1.82, 2.24) is 20.3 Å². The van der Waals surface area contributed by atoms with Crippen molar-refractivity contribution in [2.75, 3.05) is 13.2 Å². The average Bonchev–Trinajstić information content (AvgIpc) is 3.02. The monoisotopic (exact) mass is 376 g/mol. The first-order chi connectivity index (χ1) is 12.2. The number of nitrogens with zero attached hydrogens (tertiary/aromatic N) is 3. The van der Waals surface area contributed by atoms with E-state index in [4.69, 9.17) is 28.3 Å². The molecule has 1 aromatic heterocycles. The number of aliphatic hydroxyl groups excluding tert-OH is 1. The highest BCUT2D eigenvalue weighted by molar-refractivity contribution is 6.35. The number of halogens is 2. The quantitative estimate of drug-likeness (QED) is 0.620. The van der Waals surface area contributed by atoms with Gasteiger partial charge in [0.1, 0.15) is 11.4 Å². The summed E-state index contributed by atoms with van der Waals surface area (Å²) in [5, 5.41) is 22.5. The Labute approximate surface area is 156 Å². The molecule has 0 atom stereocenters. The molecular formula is C18H18Cl2N4O. The fourth-order valence-electron chi connectivity index (χ4n) is 2.50. The molecular weight excluding hydrogens is 359 g/mol. The summed E-state index contributed by atoms with van der Waals surface area (Å²) in [6.07, 6.45) is 0. The van der Waals surface area contributed by atoms with Gasteiger partial charge in [-0.05, 0) is 12.1 Å². The largest absolute Gasteiger partial charge is 0.395 e. The zero-order valence-corrected chi connectivity index (χ0v) is 15.0. The Bertz CT molecular complexity index is 816. The van der Waals surface area contributed by atoms with Crippen molar-refractivity contribution in [2.45, 2.75) is 13.1 Å². The van der Waals surface area contributed by atoms with Crippen LogP contribution in [0, 0.1) is 0 Å². The molecule has 0 radical (unpaired) electrons. The van der Waals surface area contributed by atoms with Gasteiger partial charge in [0.05, 0.1) is 13.2 Å². The molecule has 0 bridgehead atoms. The summed E-state index contributed by atoms with van der Waals surface area (Å²) in [6.45, 7) is 1.47. The topological polar surface area (TPSA) is 63.0 Å². The summed E-state index contributed by atoms with van der Waals surface area (Å²) in [7, 11) is 0. The fourth-order valence-corrected chi connectivity index (χ4v) is 3.02. The maximum Gasteiger partial charge on any atom is 0.117 e. The van der Waals surface area contributed by atoms with Gasteiger partial charge in [-0.2, -0.15) is 15.0 Å². The molecule has 0 aliphatic rings. The second-order valence-corrected chi connectivity index (χ2v) is 6.31. The molecule has 0 saturated heterocycles. The fraction of sp³-hybridized carbons (Fsp3) is 0.222. The van der Waals surface area contributed by atoms with Crippen LogP contribution in [0.2, 0.25) is 10.0 Å². The van der Waals surface area contributed by atoms with Crippen LogP contribution in [0.1, 0.15) is 11.3 Å². The first kappa shape index (κ1) is 17.9. The van der Waals surface area contributed by atoms with E-state index in [2.05, 4.69) is 15.5 Å². The highest BCUT2D eigenvalue weighted by Crippen LogP contribution is 2.26. The lowest BCUT2D eigenvalue weighted by Gasteiger charge is -2.05. The van der Waals surface area contributed by atoms with E-state index in [9.17, 15) is 0 Å².